The van der Waals surface area contributed by atoms with Gasteiger partial charge in [0.2, 0.25) is 0 Å². The molecule has 0 radical (unpaired) electrons. The lowest BCUT2D eigenvalue weighted by molar-refractivity contribution is 0.670. The zero-order valence-corrected chi connectivity index (χ0v) is 10.5. The van der Waals surface area contributed by atoms with E-state index in [0.717, 1.165) is 35.8 Å². The monoisotopic (exact) mass is 250 g/mol. The Morgan fingerprint density at radius 1 is 1.41 bits per heavy atom. The summed E-state index contributed by atoms with van der Waals surface area (Å²) in [5.74, 6) is 0. The molecule has 1 heterocycles. The maximum Gasteiger partial charge on any atom is 0.138 e. The molecule has 5 heteroatoms. The summed E-state index contributed by atoms with van der Waals surface area (Å²) in [5, 5.41) is 8.24. The number of halogens is 1. The van der Waals surface area contributed by atoms with Crippen molar-refractivity contribution in [3.63, 3.8) is 0 Å². The summed E-state index contributed by atoms with van der Waals surface area (Å²) in [4.78, 5) is 3.96. The highest BCUT2D eigenvalue weighted by Crippen LogP contribution is 2.18. The third-order valence-corrected chi connectivity index (χ3v) is 2.68. The van der Waals surface area contributed by atoms with Crippen LogP contribution in [0.15, 0.2) is 30.9 Å². The molecule has 0 amide bonds. The Bertz CT molecular complexity index is 467. The van der Waals surface area contributed by atoms with Crippen LogP contribution in [0, 0.1) is 0 Å². The highest BCUT2D eigenvalue weighted by Gasteiger charge is 2.05. The second kappa shape index (κ2) is 5.80. The molecular weight excluding hydrogens is 236 g/mol. The quantitative estimate of drug-likeness (QED) is 0.829. The largest absolute Gasteiger partial charge is 0.313 e. The van der Waals surface area contributed by atoms with Crippen LogP contribution in [-0.2, 0) is 6.54 Å². The molecule has 17 heavy (non-hydrogen) atoms. The van der Waals surface area contributed by atoms with Crippen LogP contribution in [0.3, 0.4) is 0 Å². The molecule has 1 aromatic carbocycles. The van der Waals surface area contributed by atoms with Gasteiger partial charge in [0.15, 0.2) is 0 Å². The van der Waals surface area contributed by atoms with Gasteiger partial charge in [-0.25, -0.2) is 9.67 Å². The van der Waals surface area contributed by atoms with Gasteiger partial charge in [0.25, 0.3) is 0 Å². The van der Waals surface area contributed by atoms with Crippen LogP contribution in [0.5, 0.6) is 0 Å². The zero-order chi connectivity index (χ0) is 12.1. The Morgan fingerprint density at radius 3 is 3.00 bits per heavy atom. The van der Waals surface area contributed by atoms with Crippen LogP contribution in [0.2, 0.25) is 5.02 Å². The van der Waals surface area contributed by atoms with Crippen LogP contribution in [-0.4, -0.2) is 21.3 Å². The normalized spacial score (nSPS) is 10.7. The first-order chi connectivity index (χ1) is 8.31. The summed E-state index contributed by atoms with van der Waals surface area (Å²) in [6, 6.07) is 5.78. The van der Waals surface area contributed by atoms with Crippen molar-refractivity contribution in [3.8, 4) is 5.69 Å². The van der Waals surface area contributed by atoms with Crippen molar-refractivity contribution in [1.82, 2.24) is 20.1 Å². The average Bonchev–Trinajstić information content (AvgIpc) is 2.83. The molecule has 90 valence electrons. The van der Waals surface area contributed by atoms with Gasteiger partial charge in [-0.05, 0) is 36.7 Å². The van der Waals surface area contributed by atoms with Gasteiger partial charge in [0.05, 0.1) is 5.69 Å². The Labute approximate surface area is 106 Å². The maximum atomic E-state index is 6.02. The first-order valence-electron chi connectivity index (χ1n) is 5.65. The summed E-state index contributed by atoms with van der Waals surface area (Å²) in [6.45, 7) is 3.91. The molecule has 0 fully saturated rings. The van der Waals surface area contributed by atoms with Gasteiger partial charge in [-0.15, -0.1) is 0 Å². The van der Waals surface area contributed by atoms with E-state index in [4.69, 9.17) is 11.6 Å². The summed E-state index contributed by atoms with van der Waals surface area (Å²) in [6.07, 6.45) is 4.32. The van der Waals surface area contributed by atoms with E-state index in [1.165, 1.54) is 6.33 Å². The van der Waals surface area contributed by atoms with Crippen molar-refractivity contribution < 1.29 is 0 Å². The summed E-state index contributed by atoms with van der Waals surface area (Å²) in [7, 11) is 0. The number of hydrogen-bond acceptors (Lipinski definition) is 3. The van der Waals surface area contributed by atoms with Crippen LogP contribution in [0.25, 0.3) is 5.69 Å². The fraction of sp³-hybridized carbons (Fsp3) is 0.333. The van der Waals surface area contributed by atoms with Gasteiger partial charge in [0.1, 0.15) is 12.7 Å². The number of nitrogens with one attached hydrogen (secondary N) is 1. The predicted octanol–water partition coefficient (Wildman–Crippen LogP) is 2.42. The van der Waals surface area contributed by atoms with Gasteiger partial charge >= 0.3 is 0 Å². The van der Waals surface area contributed by atoms with Crippen LogP contribution >= 0.6 is 11.6 Å². The lowest BCUT2D eigenvalue weighted by atomic mass is 10.1. The van der Waals surface area contributed by atoms with Crippen molar-refractivity contribution in [1.29, 1.82) is 0 Å². The minimum absolute atomic E-state index is 0.738. The van der Waals surface area contributed by atoms with Crippen molar-refractivity contribution in [3.05, 3.63) is 41.4 Å². The molecule has 2 aromatic rings. The van der Waals surface area contributed by atoms with Crippen molar-refractivity contribution >= 4 is 11.6 Å². The number of benzene rings is 1. The van der Waals surface area contributed by atoms with E-state index < -0.39 is 0 Å². The second-order valence-corrected chi connectivity index (χ2v) is 4.23. The van der Waals surface area contributed by atoms with E-state index >= 15 is 0 Å². The highest BCUT2D eigenvalue weighted by molar-refractivity contribution is 6.30. The molecule has 0 saturated carbocycles. The van der Waals surface area contributed by atoms with E-state index in [0.29, 0.717) is 0 Å². The van der Waals surface area contributed by atoms with Gasteiger partial charge in [-0.3, -0.25) is 0 Å². The minimum Gasteiger partial charge on any atom is -0.313 e. The molecule has 0 spiro atoms. The highest BCUT2D eigenvalue weighted by atomic mass is 35.5. The third kappa shape index (κ3) is 3.05. The Morgan fingerprint density at radius 2 is 2.29 bits per heavy atom. The van der Waals surface area contributed by atoms with Crippen molar-refractivity contribution in [2.24, 2.45) is 0 Å². The van der Waals surface area contributed by atoms with Crippen LogP contribution in [0.4, 0.5) is 0 Å². The smallest absolute Gasteiger partial charge is 0.138 e. The first kappa shape index (κ1) is 12.1. The topological polar surface area (TPSA) is 42.7 Å². The fourth-order valence-electron chi connectivity index (χ4n) is 1.65. The number of nitrogens with zero attached hydrogens (tertiary/aromatic N) is 3. The van der Waals surface area contributed by atoms with Crippen molar-refractivity contribution in [2.75, 3.05) is 6.54 Å². The van der Waals surface area contributed by atoms with E-state index in [1.807, 2.05) is 18.2 Å². The van der Waals surface area contributed by atoms with E-state index in [1.54, 1.807) is 11.0 Å². The third-order valence-electron chi connectivity index (χ3n) is 2.45. The molecule has 0 unspecified atom stereocenters. The SMILES string of the molecule is CCCNCc1cc(Cl)ccc1-n1cncn1. The molecular formula is C12H15ClN4. The lowest BCUT2D eigenvalue weighted by Gasteiger charge is -2.10. The van der Waals surface area contributed by atoms with Gasteiger partial charge in [-0.2, -0.15) is 5.10 Å². The molecule has 0 bridgehead atoms. The standard InChI is InChI=1S/C12H15ClN4/c1-2-5-14-7-10-6-11(13)3-4-12(10)17-9-15-8-16-17/h3-4,6,8-9,14H,2,5,7H2,1H3. The molecule has 0 saturated heterocycles. The Hall–Kier alpha value is -1.39. The fourth-order valence-corrected chi connectivity index (χ4v) is 1.85. The van der Waals surface area contributed by atoms with Gasteiger partial charge in [0, 0.05) is 11.6 Å². The molecule has 1 aromatic heterocycles. The predicted molar refractivity (Wildman–Crippen MR) is 68.4 cm³/mol. The maximum absolute atomic E-state index is 6.02. The van der Waals surface area contributed by atoms with E-state index in [2.05, 4.69) is 22.3 Å². The number of aromatic nitrogens is 3. The first-order valence-corrected chi connectivity index (χ1v) is 6.03. The van der Waals surface area contributed by atoms with E-state index in [-0.39, 0.29) is 0 Å². The molecule has 0 atom stereocenters. The minimum atomic E-state index is 0.738. The van der Waals surface area contributed by atoms with Gasteiger partial charge < -0.3 is 5.32 Å². The molecule has 0 aliphatic rings. The summed E-state index contributed by atoms with van der Waals surface area (Å²) < 4.78 is 1.75. The lowest BCUT2D eigenvalue weighted by Crippen LogP contribution is -2.15. The molecule has 1 N–H and O–H groups in total. The Kier molecular flexibility index (Phi) is 4.12. The second-order valence-electron chi connectivity index (χ2n) is 3.79. The average molecular weight is 251 g/mol. The van der Waals surface area contributed by atoms with E-state index in [9.17, 15) is 0 Å². The molecule has 4 nitrogen and oxygen atoms in total. The van der Waals surface area contributed by atoms with Gasteiger partial charge in [-0.1, -0.05) is 18.5 Å². The molecule has 0 aliphatic carbocycles. The molecule has 0 aliphatic heterocycles. The van der Waals surface area contributed by atoms with Crippen LogP contribution < -0.4 is 5.32 Å². The molecule has 2 rings (SSSR count). The van der Waals surface area contributed by atoms with Crippen LogP contribution in [0.1, 0.15) is 18.9 Å². The summed E-state index contributed by atoms with van der Waals surface area (Å²) in [5.41, 5.74) is 2.13. The zero-order valence-electron chi connectivity index (χ0n) is 9.73. The summed E-state index contributed by atoms with van der Waals surface area (Å²) >= 11 is 6.02. The Balaban J connectivity index is 2.25. The van der Waals surface area contributed by atoms with Crippen molar-refractivity contribution in [2.45, 2.75) is 19.9 Å². The number of hydrogen-bond donors (Lipinski definition) is 1. The number of rotatable bonds is 5.